The van der Waals surface area contributed by atoms with Crippen LogP contribution < -0.4 is 0 Å². The third-order valence-electron chi connectivity index (χ3n) is 3.40. The first-order valence-electron chi connectivity index (χ1n) is 6.56. The second-order valence-electron chi connectivity index (χ2n) is 4.55. The lowest BCUT2D eigenvalue weighted by Crippen LogP contribution is -1.92. The Morgan fingerprint density at radius 1 is 1.05 bits per heavy atom. The minimum atomic E-state index is 0.503. The topological polar surface area (TPSA) is 17.1 Å². The van der Waals surface area contributed by atoms with E-state index in [1.54, 1.807) is 6.07 Å². The summed E-state index contributed by atoms with van der Waals surface area (Å²) in [6, 6.07) is 12.2. The average molecular weight is 273 g/mol. The van der Waals surface area contributed by atoms with Gasteiger partial charge in [0.2, 0.25) is 0 Å². The standard InChI is InChI=1S/C17H17ClO/c1-3-12-5-6-13(4-2)16(9-12)14-7-8-17(18)15(10-14)11-19/h5-11H,3-4H2,1-2H3. The van der Waals surface area contributed by atoms with Crippen LogP contribution in [0.2, 0.25) is 5.02 Å². The summed E-state index contributed by atoms with van der Waals surface area (Å²) in [6.07, 6.45) is 2.78. The number of carbonyl (C=O) groups is 1. The lowest BCUT2D eigenvalue weighted by atomic mass is 9.94. The van der Waals surface area contributed by atoms with Crippen LogP contribution >= 0.6 is 11.6 Å². The van der Waals surface area contributed by atoms with Crippen molar-refractivity contribution in [2.24, 2.45) is 0 Å². The highest BCUT2D eigenvalue weighted by Gasteiger charge is 2.07. The van der Waals surface area contributed by atoms with Gasteiger partial charge in [0.05, 0.1) is 5.02 Å². The Labute approximate surface area is 119 Å². The zero-order valence-electron chi connectivity index (χ0n) is 11.2. The molecule has 0 aromatic heterocycles. The Balaban J connectivity index is 2.59. The molecule has 0 spiro atoms. The van der Waals surface area contributed by atoms with Gasteiger partial charge in [-0.1, -0.05) is 49.7 Å². The molecule has 0 radical (unpaired) electrons. The predicted molar refractivity (Wildman–Crippen MR) is 81.0 cm³/mol. The van der Waals surface area contributed by atoms with E-state index in [-0.39, 0.29) is 0 Å². The summed E-state index contributed by atoms with van der Waals surface area (Å²) in [5, 5.41) is 0.503. The number of hydrogen-bond acceptors (Lipinski definition) is 1. The fraction of sp³-hybridized carbons (Fsp3) is 0.235. The van der Waals surface area contributed by atoms with Crippen molar-refractivity contribution in [3.63, 3.8) is 0 Å². The van der Waals surface area contributed by atoms with Crippen molar-refractivity contribution in [3.8, 4) is 11.1 Å². The number of benzene rings is 2. The molecule has 0 amide bonds. The van der Waals surface area contributed by atoms with Crippen molar-refractivity contribution < 1.29 is 4.79 Å². The third-order valence-corrected chi connectivity index (χ3v) is 3.74. The van der Waals surface area contributed by atoms with Crippen LogP contribution in [-0.4, -0.2) is 6.29 Å². The quantitative estimate of drug-likeness (QED) is 0.720. The molecule has 98 valence electrons. The summed E-state index contributed by atoms with van der Waals surface area (Å²) in [5.41, 5.74) is 5.38. The molecule has 0 saturated carbocycles. The summed E-state index contributed by atoms with van der Waals surface area (Å²) in [6.45, 7) is 4.28. The number of carbonyl (C=O) groups excluding carboxylic acids is 1. The lowest BCUT2D eigenvalue weighted by Gasteiger charge is -2.11. The minimum Gasteiger partial charge on any atom is -0.298 e. The average Bonchev–Trinajstić information content (AvgIpc) is 2.47. The van der Waals surface area contributed by atoms with Crippen LogP contribution in [-0.2, 0) is 12.8 Å². The predicted octanol–water partition coefficient (Wildman–Crippen LogP) is 4.94. The zero-order valence-corrected chi connectivity index (χ0v) is 12.0. The molecule has 0 bridgehead atoms. The van der Waals surface area contributed by atoms with Crippen LogP contribution in [0.25, 0.3) is 11.1 Å². The molecule has 2 heteroatoms. The van der Waals surface area contributed by atoms with Gasteiger partial charge in [-0.25, -0.2) is 0 Å². The molecule has 0 aliphatic heterocycles. The third kappa shape index (κ3) is 2.87. The van der Waals surface area contributed by atoms with E-state index in [0.717, 1.165) is 24.7 Å². The van der Waals surface area contributed by atoms with Gasteiger partial charge >= 0.3 is 0 Å². The summed E-state index contributed by atoms with van der Waals surface area (Å²) < 4.78 is 0. The van der Waals surface area contributed by atoms with E-state index < -0.39 is 0 Å². The molecule has 0 saturated heterocycles. The molecule has 2 aromatic carbocycles. The van der Waals surface area contributed by atoms with Crippen molar-refractivity contribution in [2.75, 3.05) is 0 Å². The van der Waals surface area contributed by atoms with E-state index >= 15 is 0 Å². The van der Waals surface area contributed by atoms with Gasteiger partial charge in [0, 0.05) is 5.56 Å². The smallest absolute Gasteiger partial charge is 0.151 e. The highest BCUT2D eigenvalue weighted by atomic mass is 35.5. The second kappa shape index (κ2) is 6.03. The van der Waals surface area contributed by atoms with Crippen LogP contribution in [0.15, 0.2) is 36.4 Å². The number of hydrogen-bond donors (Lipinski definition) is 0. The van der Waals surface area contributed by atoms with Crippen LogP contribution in [0, 0.1) is 0 Å². The molecular formula is C17H17ClO. The van der Waals surface area contributed by atoms with Crippen molar-refractivity contribution in [1.82, 2.24) is 0 Å². The minimum absolute atomic E-state index is 0.503. The SMILES string of the molecule is CCc1ccc(CC)c(-c2ccc(Cl)c(C=O)c2)c1. The maximum absolute atomic E-state index is 11.0. The molecule has 2 aromatic rings. The lowest BCUT2D eigenvalue weighted by molar-refractivity contribution is 0.112. The highest BCUT2D eigenvalue weighted by molar-refractivity contribution is 6.33. The summed E-state index contributed by atoms with van der Waals surface area (Å²) in [4.78, 5) is 11.0. The summed E-state index contributed by atoms with van der Waals surface area (Å²) in [5.74, 6) is 0. The number of halogens is 1. The molecule has 2 rings (SSSR count). The molecule has 0 atom stereocenters. The Morgan fingerprint density at radius 2 is 1.84 bits per heavy atom. The van der Waals surface area contributed by atoms with Crippen molar-refractivity contribution in [2.45, 2.75) is 26.7 Å². The maximum atomic E-state index is 11.0. The molecule has 0 heterocycles. The first kappa shape index (κ1) is 13.8. The largest absolute Gasteiger partial charge is 0.298 e. The number of aryl methyl sites for hydroxylation is 2. The van der Waals surface area contributed by atoms with Crippen LogP contribution in [0.5, 0.6) is 0 Å². The van der Waals surface area contributed by atoms with Gasteiger partial charge in [0.1, 0.15) is 0 Å². The molecular weight excluding hydrogens is 256 g/mol. The Kier molecular flexibility index (Phi) is 4.39. The number of rotatable bonds is 4. The van der Waals surface area contributed by atoms with Crippen molar-refractivity contribution in [1.29, 1.82) is 0 Å². The van der Waals surface area contributed by atoms with E-state index in [9.17, 15) is 4.79 Å². The van der Waals surface area contributed by atoms with E-state index in [4.69, 9.17) is 11.6 Å². The van der Waals surface area contributed by atoms with Crippen LogP contribution in [0.1, 0.15) is 35.3 Å². The Morgan fingerprint density at radius 3 is 2.47 bits per heavy atom. The van der Waals surface area contributed by atoms with Crippen molar-refractivity contribution >= 4 is 17.9 Å². The van der Waals surface area contributed by atoms with Gasteiger partial charge in [-0.2, -0.15) is 0 Å². The molecule has 19 heavy (non-hydrogen) atoms. The zero-order chi connectivity index (χ0) is 13.8. The molecule has 0 aliphatic rings. The highest BCUT2D eigenvalue weighted by Crippen LogP contribution is 2.28. The van der Waals surface area contributed by atoms with E-state index in [1.807, 2.05) is 12.1 Å². The first-order chi connectivity index (χ1) is 9.19. The molecule has 1 nitrogen and oxygen atoms in total. The van der Waals surface area contributed by atoms with Gasteiger partial charge in [-0.05, 0) is 47.2 Å². The number of aldehydes is 1. The summed E-state index contributed by atoms with van der Waals surface area (Å²) >= 11 is 5.98. The van der Waals surface area contributed by atoms with Gasteiger partial charge in [-0.3, -0.25) is 4.79 Å². The fourth-order valence-corrected chi connectivity index (χ4v) is 2.38. The van der Waals surface area contributed by atoms with Gasteiger partial charge in [0.25, 0.3) is 0 Å². The normalized spacial score (nSPS) is 10.5. The van der Waals surface area contributed by atoms with Gasteiger partial charge in [0.15, 0.2) is 6.29 Å². The van der Waals surface area contributed by atoms with Gasteiger partial charge < -0.3 is 0 Å². The molecule has 0 N–H and O–H groups in total. The Hall–Kier alpha value is -1.60. The molecule has 0 fully saturated rings. The van der Waals surface area contributed by atoms with Crippen molar-refractivity contribution in [3.05, 3.63) is 58.1 Å². The van der Waals surface area contributed by atoms with Gasteiger partial charge in [-0.15, -0.1) is 0 Å². The maximum Gasteiger partial charge on any atom is 0.151 e. The summed E-state index contributed by atoms with van der Waals surface area (Å²) in [7, 11) is 0. The van der Waals surface area contributed by atoms with E-state index in [1.165, 1.54) is 16.7 Å². The second-order valence-corrected chi connectivity index (χ2v) is 4.96. The first-order valence-corrected chi connectivity index (χ1v) is 6.94. The van der Waals surface area contributed by atoms with Crippen LogP contribution in [0.4, 0.5) is 0 Å². The molecule has 0 unspecified atom stereocenters. The van der Waals surface area contributed by atoms with E-state index in [2.05, 4.69) is 32.0 Å². The Bertz CT molecular complexity index is 602. The van der Waals surface area contributed by atoms with Crippen LogP contribution in [0.3, 0.4) is 0 Å². The monoisotopic (exact) mass is 272 g/mol. The van der Waals surface area contributed by atoms with E-state index in [0.29, 0.717) is 10.6 Å². The fourth-order valence-electron chi connectivity index (χ4n) is 2.22. The molecule has 0 aliphatic carbocycles.